The molecule has 0 radical (unpaired) electrons. The third-order valence-electron chi connectivity index (χ3n) is 0.681. The van der Waals surface area contributed by atoms with Gasteiger partial charge in [0.05, 0.1) is 0 Å². The predicted molar refractivity (Wildman–Crippen MR) is 46.7 cm³/mol. The van der Waals surface area contributed by atoms with E-state index in [2.05, 4.69) is 39.2 Å². The molecule has 0 aliphatic heterocycles. The first-order chi connectivity index (χ1) is 3.27. The standard InChI is InChI=1S/C4H9Br2N.ClH/c1-2-3-4-7(5)6;/h2-4H2,1H3;1H. The lowest BCUT2D eigenvalue weighted by Crippen LogP contribution is -1.96. The van der Waals surface area contributed by atoms with Crippen LogP contribution >= 0.6 is 44.7 Å². The van der Waals surface area contributed by atoms with E-state index in [0.717, 1.165) is 6.54 Å². The van der Waals surface area contributed by atoms with E-state index >= 15 is 0 Å². The fraction of sp³-hybridized carbons (Fsp3) is 1.00. The predicted octanol–water partition coefficient (Wildman–Crippen LogP) is 3.13. The summed E-state index contributed by atoms with van der Waals surface area (Å²) in [6.07, 6.45) is 2.48. The van der Waals surface area contributed by atoms with Crippen LogP contribution in [0.25, 0.3) is 0 Å². The first-order valence-corrected chi connectivity index (χ1v) is 3.78. The first kappa shape index (κ1) is 11.9. The Morgan fingerprint density at radius 3 is 2.00 bits per heavy atom. The zero-order valence-electron chi connectivity index (χ0n) is 4.73. The maximum atomic E-state index is 3.23. The third-order valence-corrected chi connectivity index (χ3v) is 1.39. The zero-order chi connectivity index (χ0) is 5.70. The SMILES string of the molecule is CCCCN(Br)Br.Cl. The molecule has 0 aromatic heterocycles. The van der Waals surface area contributed by atoms with E-state index in [-0.39, 0.29) is 12.4 Å². The van der Waals surface area contributed by atoms with Gasteiger partial charge in [0, 0.05) is 38.8 Å². The van der Waals surface area contributed by atoms with Gasteiger partial charge in [0.1, 0.15) is 0 Å². The summed E-state index contributed by atoms with van der Waals surface area (Å²) < 4.78 is 1.84. The van der Waals surface area contributed by atoms with Gasteiger partial charge in [-0.1, -0.05) is 13.3 Å². The zero-order valence-corrected chi connectivity index (χ0v) is 8.72. The average Bonchev–Trinajstić information content (AvgIpc) is 1.61. The summed E-state index contributed by atoms with van der Waals surface area (Å²) in [4.78, 5) is 0. The Hall–Kier alpha value is 1.21. The molecule has 0 fully saturated rings. The molecule has 0 aliphatic carbocycles. The average molecular weight is 267 g/mol. The Labute approximate surface area is 73.9 Å². The van der Waals surface area contributed by atoms with E-state index in [9.17, 15) is 0 Å². The second-order valence-electron chi connectivity index (χ2n) is 1.38. The van der Waals surface area contributed by atoms with Gasteiger partial charge in [-0.2, -0.15) is 2.95 Å². The Morgan fingerprint density at radius 2 is 1.88 bits per heavy atom. The minimum absolute atomic E-state index is 0. The largest absolute Gasteiger partial charge is 0.178 e. The minimum Gasteiger partial charge on any atom is -0.178 e. The molecule has 0 atom stereocenters. The Bertz CT molecular complexity index is 43.0. The minimum atomic E-state index is 0. The fourth-order valence-electron chi connectivity index (χ4n) is 0.278. The number of hydrogen-bond donors (Lipinski definition) is 0. The molecule has 0 N–H and O–H groups in total. The molecule has 0 spiro atoms. The molecule has 0 unspecified atom stereocenters. The van der Waals surface area contributed by atoms with Crippen LogP contribution in [0.2, 0.25) is 0 Å². The van der Waals surface area contributed by atoms with Crippen molar-refractivity contribution in [2.45, 2.75) is 19.8 Å². The van der Waals surface area contributed by atoms with Crippen LogP contribution in [0.4, 0.5) is 0 Å². The molecule has 8 heavy (non-hydrogen) atoms. The molecule has 1 nitrogen and oxygen atoms in total. The highest BCUT2D eigenvalue weighted by Gasteiger charge is 1.88. The van der Waals surface area contributed by atoms with Gasteiger partial charge in [0.2, 0.25) is 0 Å². The molecule has 0 heterocycles. The molecule has 0 saturated heterocycles. The molecule has 0 saturated carbocycles. The topological polar surface area (TPSA) is 3.24 Å². The van der Waals surface area contributed by atoms with E-state index < -0.39 is 0 Å². The summed E-state index contributed by atoms with van der Waals surface area (Å²) in [7, 11) is 0. The number of hydrogen-bond acceptors (Lipinski definition) is 1. The third kappa shape index (κ3) is 10.2. The maximum absolute atomic E-state index is 3.23. The van der Waals surface area contributed by atoms with Gasteiger partial charge in [-0.25, -0.2) is 0 Å². The summed E-state index contributed by atoms with van der Waals surface area (Å²) in [5.74, 6) is 0. The summed E-state index contributed by atoms with van der Waals surface area (Å²) in [5, 5.41) is 0. The van der Waals surface area contributed by atoms with Crippen molar-refractivity contribution >= 4 is 44.7 Å². The van der Waals surface area contributed by atoms with Crippen molar-refractivity contribution in [3.05, 3.63) is 0 Å². The van der Waals surface area contributed by atoms with Crippen molar-refractivity contribution in [1.82, 2.24) is 2.95 Å². The summed E-state index contributed by atoms with van der Waals surface area (Å²) in [6, 6.07) is 0. The van der Waals surface area contributed by atoms with E-state index in [0.29, 0.717) is 0 Å². The number of nitrogens with zero attached hydrogens (tertiary/aromatic N) is 1. The van der Waals surface area contributed by atoms with Crippen LogP contribution in [0.1, 0.15) is 19.8 Å². The van der Waals surface area contributed by atoms with Gasteiger partial charge in [-0.15, -0.1) is 12.4 Å². The smallest absolute Gasteiger partial charge is 0.0239 e. The second-order valence-corrected chi connectivity index (χ2v) is 4.04. The summed E-state index contributed by atoms with van der Waals surface area (Å²) in [6.45, 7) is 3.24. The number of rotatable bonds is 3. The van der Waals surface area contributed by atoms with E-state index in [1.54, 1.807) is 0 Å². The molecular weight excluding hydrogens is 257 g/mol. The van der Waals surface area contributed by atoms with Gasteiger partial charge in [0.15, 0.2) is 0 Å². The van der Waals surface area contributed by atoms with E-state index in [1.807, 2.05) is 2.95 Å². The molecule has 4 heteroatoms. The Balaban J connectivity index is 0. The second kappa shape index (κ2) is 8.21. The molecule has 0 rings (SSSR count). The molecule has 0 bridgehead atoms. The van der Waals surface area contributed by atoms with Gasteiger partial charge < -0.3 is 0 Å². The van der Waals surface area contributed by atoms with E-state index in [1.165, 1.54) is 12.8 Å². The highest BCUT2D eigenvalue weighted by atomic mass is 79.9. The highest BCUT2D eigenvalue weighted by Crippen LogP contribution is 2.05. The highest BCUT2D eigenvalue weighted by molar-refractivity contribution is 9.21. The van der Waals surface area contributed by atoms with Crippen LogP contribution < -0.4 is 0 Å². The van der Waals surface area contributed by atoms with Gasteiger partial charge >= 0.3 is 0 Å². The van der Waals surface area contributed by atoms with Crippen molar-refractivity contribution in [3.63, 3.8) is 0 Å². The molecule has 52 valence electrons. The lowest BCUT2D eigenvalue weighted by Gasteiger charge is -1.99. The summed E-state index contributed by atoms with van der Waals surface area (Å²) in [5.41, 5.74) is 0. The van der Waals surface area contributed by atoms with Gasteiger partial charge in [-0.3, -0.25) is 0 Å². The lowest BCUT2D eigenvalue weighted by molar-refractivity contribution is 0.686. The van der Waals surface area contributed by atoms with Crippen molar-refractivity contribution in [1.29, 1.82) is 0 Å². The van der Waals surface area contributed by atoms with Crippen LogP contribution in [-0.4, -0.2) is 9.50 Å². The van der Waals surface area contributed by atoms with Crippen LogP contribution in [0.5, 0.6) is 0 Å². The Kier molecular flexibility index (Phi) is 12.3. The molecule has 0 aromatic carbocycles. The van der Waals surface area contributed by atoms with Crippen molar-refractivity contribution in [3.8, 4) is 0 Å². The van der Waals surface area contributed by atoms with Crippen LogP contribution in [0, 0.1) is 0 Å². The fourth-order valence-corrected chi connectivity index (χ4v) is 0.779. The number of halogens is 3. The van der Waals surface area contributed by atoms with Crippen molar-refractivity contribution in [2.75, 3.05) is 6.54 Å². The lowest BCUT2D eigenvalue weighted by atomic mass is 10.3. The normalized spacial score (nSPS) is 9.00. The van der Waals surface area contributed by atoms with Crippen LogP contribution in [0.15, 0.2) is 0 Å². The Morgan fingerprint density at radius 1 is 1.38 bits per heavy atom. The molecule has 0 aliphatic rings. The van der Waals surface area contributed by atoms with Crippen molar-refractivity contribution in [2.24, 2.45) is 0 Å². The summed E-state index contributed by atoms with van der Waals surface area (Å²) >= 11 is 6.45. The van der Waals surface area contributed by atoms with Crippen LogP contribution in [0.3, 0.4) is 0 Å². The van der Waals surface area contributed by atoms with Crippen LogP contribution in [-0.2, 0) is 0 Å². The number of unbranched alkanes of at least 4 members (excludes halogenated alkanes) is 1. The molecule has 0 aromatic rings. The van der Waals surface area contributed by atoms with Crippen molar-refractivity contribution < 1.29 is 0 Å². The monoisotopic (exact) mass is 265 g/mol. The first-order valence-electron chi connectivity index (χ1n) is 2.36. The van der Waals surface area contributed by atoms with Gasteiger partial charge in [0.25, 0.3) is 0 Å². The molecular formula is C4H10Br2ClN. The molecule has 0 amide bonds. The van der Waals surface area contributed by atoms with Gasteiger partial charge in [-0.05, 0) is 6.42 Å². The maximum Gasteiger partial charge on any atom is 0.0239 e. The quantitative estimate of drug-likeness (QED) is 0.710. The van der Waals surface area contributed by atoms with E-state index in [4.69, 9.17) is 0 Å².